The van der Waals surface area contributed by atoms with Gasteiger partial charge in [-0.25, -0.2) is 4.98 Å². The van der Waals surface area contributed by atoms with E-state index in [4.69, 9.17) is 4.52 Å². The quantitative estimate of drug-likeness (QED) is 0.678. The Kier molecular flexibility index (Phi) is 3.86. The van der Waals surface area contributed by atoms with Gasteiger partial charge >= 0.3 is 0 Å². The molecular weight excluding hydrogens is 250 g/mol. The van der Waals surface area contributed by atoms with Gasteiger partial charge in [-0.1, -0.05) is 23.8 Å². The molecule has 0 atom stereocenters. The van der Waals surface area contributed by atoms with Gasteiger partial charge in [0.1, 0.15) is 5.76 Å². The van der Waals surface area contributed by atoms with E-state index >= 15 is 0 Å². The number of rotatable bonds is 4. The Bertz CT molecular complexity index is 604. The summed E-state index contributed by atoms with van der Waals surface area (Å²) in [4.78, 5) is 18.3. The highest BCUT2D eigenvalue weighted by Gasteiger charge is 2.12. The van der Waals surface area contributed by atoms with E-state index in [1.807, 2.05) is 13.8 Å². The molecule has 0 aromatic carbocycles. The summed E-state index contributed by atoms with van der Waals surface area (Å²) in [5, 5.41) is 4.58. The van der Waals surface area contributed by atoms with Gasteiger partial charge in [0.2, 0.25) is 0 Å². The standard InChI is InChI=1S/C12H15N3O2S/c1-4-10-9(8(3)15-17-10)6-18-12-13-7(2)5-11(16)14-12/h5H,4,6H2,1-3H3,(H,13,14,16). The molecule has 5 nitrogen and oxygen atoms in total. The van der Waals surface area contributed by atoms with E-state index in [0.717, 1.165) is 29.1 Å². The SMILES string of the molecule is CCc1onc(C)c1CSc1nc(C)cc(=O)[nH]1. The van der Waals surface area contributed by atoms with Gasteiger partial charge in [0.15, 0.2) is 5.16 Å². The number of hydrogen-bond acceptors (Lipinski definition) is 5. The summed E-state index contributed by atoms with van der Waals surface area (Å²) in [6.07, 6.45) is 0.814. The summed E-state index contributed by atoms with van der Waals surface area (Å²) in [6, 6.07) is 1.48. The Morgan fingerprint density at radius 3 is 2.89 bits per heavy atom. The van der Waals surface area contributed by atoms with Crippen molar-refractivity contribution in [3.63, 3.8) is 0 Å². The average molecular weight is 265 g/mol. The predicted octanol–water partition coefficient (Wildman–Crippen LogP) is 2.23. The van der Waals surface area contributed by atoms with E-state index in [2.05, 4.69) is 15.1 Å². The van der Waals surface area contributed by atoms with E-state index in [0.29, 0.717) is 10.9 Å². The Balaban J connectivity index is 2.16. The van der Waals surface area contributed by atoms with E-state index in [1.54, 1.807) is 6.92 Å². The number of nitrogens with one attached hydrogen (secondary N) is 1. The zero-order valence-electron chi connectivity index (χ0n) is 10.6. The first-order valence-electron chi connectivity index (χ1n) is 5.75. The lowest BCUT2D eigenvalue weighted by Gasteiger charge is -2.02. The van der Waals surface area contributed by atoms with E-state index in [-0.39, 0.29) is 5.56 Å². The minimum absolute atomic E-state index is 0.122. The van der Waals surface area contributed by atoms with Gasteiger partial charge in [0.05, 0.1) is 5.69 Å². The largest absolute Gasteiger partial charge is 0.361 e. The van der Waals surface area contributed by atoms with Crippen molar-refractivity contribution in [2.24, 2.45) is 0 Å². The summed E-state index contributed by atoms with van der Waals surface area (Å²) < 4.78 is 5.22. The molecule has 0 aliphatic rings. The molecule has 2 aromatic rings. The molecule has 0 bridgehead atoms. The third-order valence-corrected chi connectivity index (χ3v) is 3.49. The molecule has 0 amide bonds. The summed E-state index contributed by atoms with van der Waals surface area (Å²) >= 11 is 1.48. The fraction of sp³-hybridized carbons (Fsp3) is 0.417. The molecule has 1 N–H and O–H groups in total. The van der Waals surface area contributed by atoms with Gasteiger partial charge in [-0.15, -0.1) is 0 Å². The maximum absolute atomic E-state index is 11.3. The molecular formula is C12H15N3O2S. The summed E-state index contributed by atoms with van der Waals surface area (Å²) in [5.41, 5.74) is 2.59. The number of hydrogen-bond donors (Lipinski definition) is 1. The van der Waals surface area contributed by atoms with Crippen molar-refractivity contribution in [2.75, 3.05) is 0 Å². The number of aryl methyl sites for hydroxylation is 3. The van der Waals surface area contributed by atoms with Crippen LogP contribution in [0.2, 0.25) is 0 Å². The molecule has 2 rings (SSSR count). The number of nitrogens with zero attached hydrogens (tertiary/aromatic N) is 2. The molecule has 0 fully saturated rings. The number of aromatic nitrogens is 3. The third kappa shape index (κ3) is 2.81. The number of thioether (sulfide) groups is 1. The highest BCUT2D eigenvalue weighted by molar-refractivity contribution is 7.98. The van der Waals surface area contributed by atoms with Crippen LogP contribution in [0.5, 0.6) is 0 Å². The lowest BCUT2D eigenvalue weighted by atomic mass is 10.2. The van der Waals surface area contributed by atoms with Gasteiger partial charge in [0, 0.05) is 29.5 Å². The topological polar surface area (TPSA) is 71.8 Å². The second-order valence-corrected chi connectivity index (χ2v) is 4.97. The first-order chi connectivity index (χ1) is 8.60. The fourth-order valence-electron chi connectivity index (χ4n) is 1.66. The maximum Gasteiger partial charge on any atom is 0.251 e. The van der Waals surface area contributed by atoms with Gasteiger partial charge in [0.25, 0.3) is 5.56 Å². The lowest BCUT2D eigenvalue weighted by molar-refractivity contribution is 0.382. The van der Waals surface area contributed by atoms with Crippen LogP contribution in [0.4, 0.5) is 0 Å². The van der Waals surface area contributed by atoms with Gasteiger partial charge in [-0.05, 0) is 13.8 Å². The maximum atomic E-state index is 11.3. The van der Waals surface area contributed by atoms with E-state index < -0.39 is 0 Å². The molecule has 6 heteroatoms. The average Bonchev–Trinajstić information content (AvgIpc) is 2.66. The Labute approximate surface area is 109 Å². The highest BCUT2D eigenvalue weighted by atomic mass is 32.2. The second kappa shape index (κ2) is 5.39. The Hall–Kier alpha value is -1.56. The molecule has 2 aromatic heterocycles. The monoisotopic (exact) mass is 265 g/mol. The van der Waals surface area contributed by atoms with Crippen LogP contribution < -0.4 is 5.56 Å². The van der Waals surface area contributed by atoms with Crippen LogP contribution in [-0.4, -0.2) is 15.1 Å². The van der Waals surface area contributed by atoms with Crippen LogP contribution in [0.25, 0.3) is 0 Å². The van der Waals surface area contributed by atoms with Crippen molar-refractivity contribution in [2.45, 2.75) is 38.1 Å². The predicted molar refractivity (Wildman–Crippen MR) is 69.8 cm³/mol. The van der Waals surface area contributed by atoms with Crippen molar-refractivity contribution in [1.82, 2.24) is 15.1 Å². The zero-order valence-corrected chi connectivity index (χ0v) is 11.4. The third-order valence-electron chi connectivity index (χ3n) is 2.59. The summed E-state index contributed by atoms with van der Waals surface area (Å²) in [5.74, 6) is 1.60. The molecule has 96 valence electrons. The van der Waals surface area contributed by atoms with E-state index in [1.165, 1.54) is 17.8 Å². The van der Waals surface area contributed by atoms with Crippen molar-refractivity contribution in [3.05, 3.63) is 39.1 Å². The molecule has 0 saturated heterocycles. The first kappa shape index (κ1) is 12.9. The minimum Gasteiger partial charge on any atom is -0.361 e. The minimum atomic E-state index is -0.122. The van der Waals surface area contributed by atoms with Crippen LogP contribution in [0.3, 0.4) is 0 Å². The van der Waals surface area contributed by atoms with Crippen molar-refractivity contribution in [3.8, 4) is 0 Å². The fourth-order valence-corrected chi connectivity index (χ4v) is 2.69. The lowest BCUT2D eigenvalue weighted by Crippen LogP contribution is -2.08. The molecule has 0 unspecified atom stereocenters. The summed E-state index contributed by atoms with van der Waals surface area (Å²) in [6.45, 7) is 5.76. The van der Waals surface area contributed by atoms with Crippen LogP contribution in [0, 0.1) is 13.8 Å². The molecule has 18 heavy (non-hydrogen) atoms. The number of aromatic amines is 1. The first-order valence-corrected chi connectivity index (χ1v) is 6.73. The highest BCUT2D eigenvalue weighted by Crippen LogP contribution is 2.23. The Morgan fingerprint density at radius 1 is 1.44 bits per heavy atom. The summed E-state index contributed by atoms with van der Waals surface area (Å²) in [7, 11) is 0. The van der Waals surface area contributed by atoms with Crippen molar-refractivity contribution >= 4 is 11.8 Å². The van der Waals surface area contributed by atoms with Crippen LogP contribution in [0.1, 0.15) is 29.6 Å². The molecule has 0 radical (unpaired) electrons. The van der Waals surface area contributed by atoms with Crippen molar-refractivity contribution < 1.29 is 4.52 Å². The smallest absolute Gasteiger partial charge is 0.251 e. The van der Waals surface area contributed by atoms with Gasteiger partial charge < -0.3 is 9.51 Å². The number of H-pyrrole nitrogens is 1. The van der Waals surface area contributed by atoms with Crippen LogP contribution >= 0.6 is 11.8 Å². The van der Waals surface area contributed by atoms with Gasteiger partial charge in [-0.2, -0.15) is 0 Å². The molecule has 0 spiro atoms. The van der Waals surface area contributed by atoms with Crippen LogP contribution in [0.15, 0.2) is 20.5 Å². The molecule has 0 aliphatic heterocycles. The molecule has 0 saturated carbocycles. The molecule has 2 heterocycles. The van der Waals surface area contributed by atoms with Crippen LogP contribution in [-0.2, 0) is 12.2 Å². The Morgan fingerprint density at radius 2 is 2.22 bits per heavy atom. The normalized spacial score (nSPS) is 10.8. The van der Waals surface area contributed by atoms with E-state index in [9.17, 15) is 4.79 Å². The second-order valence-electron chi connectivity index (χ2n) is 4.00. The molecule has 0 aliphatic carbocycles. The van der Waals surface area contributed by atoms with Crippen molar-refractivity contribution in [1.29, 1.82) is 0 Å². The zero-order chi connectivity index (χ0) is 13.1. The van der Waals surface area contributed by atoms with Gasteiger partial charge in [-0.3, -0.25) is 4.79 Å².